The Labute approximate surface area is 249 Å². The van der Waals surface area contributed by atoms with Crippen LogP contribution in [0, 0.1) is 11.7 Å². The highest BCUT2D eigenvalue weighted by molar-refractivity contribution is 6.31. The summed E-state index contributed by atoms with van der Waals surface area (Å²) in [7, 11) is 0. The number of nitrogens with one attached hydrogen (secondary N) is 1. The molecule has 3 aliphatic heterocycles. The lowest BCUT2D eigenvalue weighted by Gasteiger charge is -2.47. The summed E-state index contributed by atoms with van der Waals surface area (Å²) in [4.78, 5) is 22.5. The van der Waals surface area contributed by atoms with Gasteiger partial charge in [-0.15, -0.1) is 0 Å². The van der Waals surface area contributed by atoms with Gasteiger partial charge < -0.3 is 15.0 Å². The van der Waals surface area contributed by atoms with Gasteiger partial charge >= 0.3 is 0 Å². The molecule has 2 atom stereocenters. The SMILES string of the molecule is O=C(CC[C@H]1CN(Cc2ccccc2Cl)CC[C@H]1N1CCN(c2ccccc2F)CC1)NCCCN1CCOCC1. The number of piperidine rings is 1. The summed E-state index contributed by atoms with van der Waals surface area (Å²) < 4.78 is 19.8. The molecule has 3 heterocycles. The minimum absolute atomic E-state index is 0.150. The molecule has 1 N–H and O–H groups in total. The molecule has 41 heavy (non-hydrogen) atoms. The molecule has 0 aliphatic carbocycles. The largest absolute Gasteiger partial charge is 0.379 e. The van der Waals surface area contributed by atoms with E-state index in [4.69, 9.17) is 16.3 Å². The van der Waals surface area contributed by atoms with Crippen molar-refractivity contribution in [2.75, 3.05) is 83.6 Å². The van der Waals surface area contributed by atoms with Gasteiger partial charge in [-0.25, -0.2) is 4.39 Å². The number of hydrogen-bond acceptors (Lipinski definition) is 6. The van der Waals surface area contributed by atoms with E-state index in [0.717, 1.165) is 115 Å². The Kier molecular flexibility index (Phi) is 11.3. The van der Waals surface area contributed by atoms with Crippen LogP contribution in [0.5, 0.6) is 0 Å². The fourth-order valence-electron chi connectivity index (χ4n) is 6.63. The molecule has 3 aliphatic rings. The molecule has 1 amide bonds. The van der Waals surface area contributed by atoms with Crippen LogP contribution in [0.25, 0.3) is 0 Å². The van der Waals surface area contributed by atoms with Gasteiger partial charge in [0.05, 0.1) is 18.9 Å². The Morgan fingerprint density at radius 2 is 1.71 bits per heavy atom. The first-order chi connectivity index (χ1) is 20.1. The standard InChI is InChI=1S/C32H45ClFN5O2/c33-28-7-2-1-6-26(28)24-37-15-12-30(38-16-18-39(19-17-38)31-9-4-3-8-29(31)34)27(25-37)10-11-32(40)35-13-5-14-36-20-22-41-23-21-36/h1-4,6-9,27,30H,5,10-25H2,(H,35,40)/t27-,30+/m0/s1. The van der Waals surface area contributed by atoms with Crippen molar-refractivity contribution in [1.82, 2.24) is 20.0 Å². The van der Waals surface area contributed by atoms with Crippen molar-refractivity contribution in [3.05, 3.63) is 64.9 Å². The van der Waals surface area contributed by atoms with E-state index < -0.39 is 0 Å². The lowest BCUT2D eigenvalue weighted by atomic mass is 9.86. The van der Waals surface area contributed by atoms with Gasteiger partial charge in [0.1, 0.15) is 5.82 Å². The highest BCUT2D eigenvalue weighted by Crippen LogP contribution is 2.30. The highest BCUT2D eigenvalue weighted by atomic mass is 35.5. The molecule has 7 nitrogen and oxygen atoms in total. The lowest BCUT2D eigenvalue weighted by molar-refractivity contribution is -0.121. The number of ether oxygens (including phenoxy) is 1. The number of benzene rings is 2. The minimum Gasteiger partial charge on any atom is -0.379 e. The number of piperazine rings is 1. The Morgan fingerprint density at radius 3 is 2.49 bits per heavy atom. The molecule has 224 valence electrons. The molecule has 0 spiro atoms. The molecular weight excluding hydrogens is 541 g/mol. The minimum atomic E-state index is -0.150. The van der Waals surface area contributed by atoms with Crippen molar-refractivity contribution in [1.29, 1.82) is 0 Å². The van der Waals surface area contributed by atoms with Gasteiger partial charge in [0.2, 0.25) is 5.91 Å². The van der Waals surface area contributed by atoms with Gasteiger partial charge in [-0.1, -0.05) is 41.9 Å². The maximum Gasteiger partial charge on any atom is 0.220 e. The summed E-state index contributed by atoms with van der Waals surface area (Å²) in [5, 5.41) is 3.97. The first-order valence-electron chi connectivity index (χ1n) is 15.3. The Hall–Kier alpha value is -2.23. The maximum atomic E-state index is 14.4. The molecule has 3 fully saturated rings. The van der Waals surface area contributed by atoms with Gasteiger partial charge in [-0.05, 0) is 62.0 Å². The van der Waals surface area contributed by atoms with Crippen molar-refractivity contribution in [3.8, 4) is 0 Å². The number of nitrogens with zero attached hydrogens (tertiary/aromatic N) is 4. The van der Waals surface area contributed by atoms with Crippen molar-refractivity contribution in [2.45, 2.75) is 38.3 Å². The van der Waals surface area contributed by atoms with Crippen LogP contribution < -0.4 is 10.2 Å². The van der Waals surface area contributed by atoms with Crippen LogP contribution in [0.3, 0.4) is 0 Å². The summed E-state index contributed by atoms with van der Waals surface area (Å²) in [6.45, 7) is 11.5. The number of carbonyl (C=O) groups excluding carboxylic acids is 1. The van der Waals surface area contributed by atoms with E-state index in [9.17, 15) is 9.18 Å². The van der Waals surface area contributed by atoms with Gasteiger partial charge in [-0.2, -0.15) is 0 Å². The number of rotatable bonds is 11. The molecular formula is C32H45ClFN5O2. The van der Waals surface area contributed by atoms with Crippen molar-refractivity contribution in [3.63, 3.8) is 0 Å². The summed E-state index contributed by atoms with van der Waals surface area (Å²) >= 11 is 6.49. The van der Waals surface area contributed by atoms with Gasteiger partial charge in [0.25, 0.3) is 0 Å². The Morgan fingerprint density at radius 1 is 0.951 bits per heavy atom. The number of carbonyl (C=O) groups is 1. The average molecular weight is 586 g/mol. The second-order valence-electron chi connectivity index (χ2n) is 11.6. The second kappa shape index (κ2) is 15.3. The third-order valence-electron chi connectivity index (χ3n) is 8.93. The van der Waals surface area contributed by atoms with Crippen LogP contribution in [0.1, 0.15) is 31.2 Å². The number of amides is 1. The van der Waals surface area contributed by atoms with Crippen molar-refractivity contribution in [2.24, 2.45) is 5.92 Å². The summed E-state index contributed by atoms with van der Waals surface area (Å²) in [6, 6.07) is 15.6. The van der Waals surface area contributed by atoms with Crippen LogP contribution in [0.15, 0.2) is 48.5 Å². The predicted octanol–water partition coefficient (Wildman–Crippen LogP) is 4.11. The fraction of sp³-hybridized carbons (Fsp3) is 0.594. The number of para-hydroxylation sites is 1. The molecule has 0 bridgehead atoms. The van der Waals surface area contributed by atoms with E-state index in [2.05, 4.69) is 31.0 Å². The molecule has 5 rings (SSSR count). The van der Waals surface area contributed by atoms with Crippen molar-refractivity contribution < 1.29 is 13.9 Å². The zero-order valence-corrected chi connectivity index (χ0v) is 24.9. The third kappa shape index (κ3) is 8.64. The van der Waals surface area contributed by atoms with E-state index in [1.165, 1.54) is 0 Å². The molecule has 3 saturated heterocycles. The van der Waals surface area contributed by atoms with E-state index in [1.807, 2.05) is 30.3 Å². The van der Waals surface area contributed by atoms with Crippen LogP contribution >= 0.6 is 11.6 Å². The monoisotopic (exact) mass is 585 g/mol. The van der Waals surface area contributed by atoms with Crippen LogP contribution in [-0.4, -0.2) is 105 Å². The molecule has 9 heteroatoms. The first kappa shape index (κ1) is 30.2. The Bertz CT molecular complexity index is 1110. The van der Waals surface area contributed by atoms with Crippen molar-refractivity contribution >= 4 is 23.2 Å². The second-order valence-corrected chi connectivity index (χ2v) is 12.0. The van der Waals surface area contributed by atoms with E-state index in [1.54, 1.807) is 12.1 Å². The Balaban J connectivity index is 1.14. The quantitative estimate of drug-likeness (QED) is 0.401. The molecule has 0 radical (unpaired) electrons. The van der Waals surface area contributed by atoms with Crippen LogP contribution in [0.2, 0.25) is 5.02 Å². The molecule has 0 unspecified atom stereocenters. The van der Waals surface area contributed by atoms with Crippen LogP contribution in [0.4, 0.5) is 10.1 Å². The first-order valence-corrected chi connectivity index (χ1v) is 15.7. The topological polar surface area (TPSA) is 51.3 Å². The summed E-state index contributed by atoms with van der Waals surface area (Å²) in [5.74, 6) is 0.395. The summed E-state index contributed by atoms with van der Waals surface area (Å²) in [5.41, 5.74) is 1.85. The molecule has 2 aromatic carbocycles. The average Bonchev–Trinajstić information content (AvgIpc) is 3.00. The number of likely N-dealkylation sites (tertiary alicyclic amines) is 1. The van der Waals surface area contributed by atoms with E-state index >= 15 is 0 Å². The zero-order chi connectivity index (χ0) is 28.4. The van der Waals surface area contributed by atoms with Gasteiger partial charge in [-0.3, -0.25) is 19.5 Å². The zero-order valence-electron chi connectivity index (χ0n) is 24.2. The molecule has 0 saturated carbocycles. The molecule has 2 aromatic rings. The van der Waals surface area contributed by atoms with Crippen LogP contribution in [-0.2, 0) is 16.1 Å². The highest BCUT2D eigenvalue weighted by Gasteiger charge is 2.35. The number of morpholine rings is 1. The smallest absolute Gasteiger partial charge is 0.220 e. The fourth-order valence-corrected chi connectivity index (χ4v) is 6.83. The van der Waals surface area contributed by atoms with Gasteiger partial charge in [0, 0.05) is 76.4 Å². The van der Waals surface area contributed by atoms with E-state index in [-0.39, 0.29) is 11.7 Å². The van der Waals surface area contributed by atoms with Gasteiger partial charge in [0.15, 0.2) is 0 Å². The van der Waals surface area contributed by atoms with E-state index in [0.29, 0.717) is 24.1 Å². The normalized spacial score (nSPS) is 23.0. The number of halogens is 2. The third-order valence-corrected chi connectivity index (χ3v) is 9.29. The maximum absolute atomic E-state index is 14.4. The summed E-state index contributed by atoms with van der Waals surface area (Å²) in [6.07, 6.45) is 3.45. The lowest BCUT2D eigenvalue weighted by Crippen LogP contribution is -2.56. The predicted molar refractivity (Wildman–Crippen MR) is 163 cm³/mol. The molecule has 0 aromatic heterocycles. The number of hydrogen-bond donors (Lipinski definition) is 1. The number of anilines is 1.